The van der Waals surface area contributed by atoms with Crippen molar-refractivity contribution < 1.29 is 0 Å². The fourth-order valence-corrected chi connectivity index (χ4v) is 1.80. The minimum absolute atomic E-state index is 0.573. The van der Waals surface area contributed by atoms with E-state index in [-0.39, 0.29) is 0 Å². The highest BCUT2D eigenvalue weighted by Crippen LogP contribution is 2.34. The molecule has 1 heterocycles. The second-order valence-corrected chi connectivity index (χ2v) is 4.45. The zero-order valence-corrected chi connectivity index (χ0v) is 9.17. The summed E-state index contributed by atoms with van der Waals surface area (Å²) in [5.41, 5.74) is 2.48. The summed E-state index contributed by atoms with van der Waals surface area (Å²) in [4.78, 5) is 4.42. The Hall–Kier alpha value is -1.05. The summed E-state index contributed by atoms with van der Waals surface area (Å²) in [7, 11) is 0. The van der Waals surface area contributed by atoms with Gasteiger partial charge in [-0.2, -0.15) is 0 Å². The lowest BCUT2D eigenvalue weighted by molar-refractivity contribution is 0.689. The van der Waals surface area contributed by atoms with Crippen LogP contribution in [0.5, 0.6) is 0 Å². The Morgan fingerprint density at radius 2 is 2.14 bits per heavy atom. The minimum atomic E-state index is 0.573. The summed E-state index contributed by atoms with van der Waals surface area (Å²) in [5.74, 6) is 1.92. The zero-order chi connectivity index (χ0) is 10.1. The standard InChI is InChI=1S/C12H18N2/c1-8-6-9(2)12(13-7-8)14-10(3)11-4-5-11/h6-7,10-11H,4-5H2,1-3H3,(H,13,14). The highest BCUT2D eigenvalue weighted by molar-refractivity contribution is 5.45. The van der Waals surface area contributed by atoms with Crippen LogP contribution in [0.3, 0.4) is 0 Å². The SMILES string of the molecule is Cc1cnc(NC(C)C2CC2)c(C)c1. The van der Waals surface area contributed by atoms with Crippen LogP contribution >= 0.6 is 0 Å². The number of aromatic nitrogens is 1. The molecule has 1 aromatic heterocycles. The molecule has 0 aromatic carbocycles. The summed E-state index contributed by atoms with van der Waals surface area (Å²) >= 11 is 0. The predicted molar refractivity (Wildman–Crippen MR) is 59.5 cm³/mol. The van der Waals surface area contributed by atoms with Crippen molar-refractivity contribution in [3.63, 3.8) is 0 Å². The Kier molecular flexibility index (Phi) is 2.44. The van der Waals surface area contributed by atoms with Gasteiger partial charge in [0.2, 0.25) is 0 Å². The van der Waals surface area contributed by atoms with Crippen molar-refractivity contribution in [2.45, 2.75) is 39.7 Å². The number of anilines is 1. The van der Waals surface area contributed by atoms with Crippen LogP contribution in [0.15, 0.2) is 12.3 Å². The molecule has 1 aromatic rings. The Labute approximate surface area is 85.7 Å². The molecule has 76 valence electrons. The van der Waals surface area contributed by atoms with E-state index in [0.717, 1.165) is 11.7 Å². The molecule has 1 saturated carbocycles. The van der Waals surface area contributed by atoms with Gasteiger partial charge in [0.25, 0.3) is 0 Å². The average Bonchev–Trinajstić information content (AvgIpc) is 2.92. The molecule has 1 aliphatic carbocycles. The Morgan fingerprint density at radius 3 is 2.71 bits per heavy atom. The highest BCUT2D eigenvalue weighted by Gasteiger charge is 2.28. The third-order valence-electron chi connectivity index (χ3n) is 2.91. The molecule has 0 spiro atoms. The van der Waals surface area contributed by atoms with Crippen molar-refractivity contribution in [1.29, 1.82) is 0 Å². The monoisotopic (exact) mass is 190 g/mol. The van der Waals surface area contributed by atoms with E-state index in [4.69, 9.17) is 0 Å². The summed E-state index contributed by atoms with van der Waals surface area (Å²) in [5, 5.41) is 3.49. The van der Waals surface area contributed by atoms with Gasteiger partial charge < -0.3 is 5.32 Å². The summed E-state index contributed by atoms with van der Waals surface area (Å²) in [6, 6.07) is 2.75. The number of nitrogens with zero attached hydrogens (tertiary/aromatic N) is 1. The van der Waals surface area contributed by atoms with Gasteiger partial charge in [-0.15, -0.1) is 0 Å². The van der Waals surface area contributed by atoms with Crippen LogP contribution in [0.1, 0.15) is 30.9 Å². The van der Waals surface area contributed by atoms with Crippen molar-refractivity contribution in [3.05, 3.63) is 23.4 Å². The fourth-order valence-electron chi connectivity index (χ4n) is 1.80. The van der Waals surface area contributed by atoms with Gasteiger partial charge >= 0.3 is 0 Å². The molecule has 14 heavy (non-hydrogen) atoms. The van der Waals surface area contributed by atoms with Crippen molar-refractivity contribution in [2.24, 2.45) is 5.92 Å². The van der Waals surface area contributed by atoms with Gasteiger partial charge in [-0.3, -0.25) is 0 Å². The quantitative estimate of drug-likeness (QED) is 0.792. The molecule has 2 rings (SSSR count). The summed E-state index contributed by atoms with van der Waals surface area (Å²) in [6.07, 6.45) is 4.67. The topological polar surface area (TPSA) is 24.9 Å². The summed E-state index contributed by atoms with van der Waals surface area (Å²) < 4.78 is 0. The third-order valence-corrected chi connectivity index (χ3v) is 2.91. The Morgan fingerprint density at radius 1 is 1.43 bits per heavy atom. The maximum Gasteiger partial charge on any atom is 0.129 e. The van der Waals surface area contributed by atoms with Gasteiger partial charge in [0.05, 0.1) is 0 Å². The van der Waals surface area contributed by atoms with Gasteiger partial charge in [0.1, 0.15) is 5.82 Å². The van der Waals surface area contributed by atoms with E-state index in [0.29, 0.717) is 6.04 Å². The first kappa shape index (κ1) is 9.50. The first-order valence-corrected chi connectivity index (χ1v) is 5.36. The molecule has 0 saturated heterocycles. The minimum Gasteiger partial charge on any atom is -0.367 e. The number of hydrogen-bond donors (Lipinski definition) is 1. The Bertz CT molecular complexity index is 329. The maximum absolute atomic E-state index is 4.42. The first-order valence-electron chi connectivity index (χ1n) is 5.36. The van der Waals surface area contributed by atoms with E-state index in [9.17, 15) is 0 Å². The molecule has 1 unspecified atom stereocenters. The van der Waals surface area contributed by atoms with Gasteiger partial charge in [0, 0.05) is 12.2 Å². The second kappa shape index (κ2) is 3.60. The van der Waals surface area contributed by atoms with Crippen molar-refractivity contribution in [3.8, 4) is 0 Å². The molecule has 1 aliphatic rings. The molecule has 0 radical (unpaired) electrons. The lowest BCUT2D eigenvalue weighted by atomic mass is 10.2. The number of pyridine rings is 1. The molecule has 1 N–H and O–H groups in total. The zero-order valence-electron chi connectivity index (χ0n) is 9.17. The van der Waals surface area contributed by atoms with Gasteiger partial charge in [-0.1, -0.05) is 6.07 Å². The lowest BCUT2D eigenvalue weighted by Crippen LogP contribution is -2.18. The van der Waals surface area contributed by atoms with Crippen molar-refractivity contribution in [2.75, 3.05) is 5.32 Å². The van der Waals surface area contributed by atoms with Crippen molar-refractivity contribution in [1.82, 2.24) is 4.98 Å². The van der Waals surface area contributed by atoms with Gasteiger partial charge in [-0.05, 0) is 50.7 Å². The Balaban J connectivity index is 2.07. The van der Waals surface area contributed by atoms with Gasteiger partial charge in [-0.25, -0.2) is 4.98 Å². The number of aryl methyl sites for hydroxylation is 2. The molecular weight excluding hydrogens is 172 g/mol. The van der Waals surface area contributed by atoms with E-state index >= 15 is 0 Å². The molecule has 0 amide bonds. The second-order valence-electron chi connectivity index (χ2n) is 4.45. The normalized spacial score (nSPS) is 17.9. The van der Waals surface area contributed by atoms with Crippen LogP contribution in [0, 0.1) is 19.8 Å². The van der Waals surface area contributed by atoms with Gasteiger partial charge in [0.15, 0.2) is 0 Å². The highest BCUT2D eigenvalue weighted by atomic mass is 15.0. The number of nitrogens with one attached hydrogen (secondary N) is 1. The molecule has 2 heteroatoms. The van der Waals surface area contributed by atoms with Crippen LogP contribution in [0.2, 0.25) is 0 Å². The van der Waals surface area contributed by atoms with Crippen LogP contribution in [-0.4, -0.2) is 11.0 Å². The fraction of sp³-hybridized carbons (Fsp3) is 0.583. The maximum atomic E-state index is 4.42. The van der Waals surface area contributed by atoms with E-state index in [1.165, 1.54) is 24.0 Å². The molecular formula is C12H18N2. The predicted octanol–water partition coefficient (Wildman–Crippen LogP) is 2.91. The lowest BCUT2D eigenvalue weighted by Gasteiger charge is -2.15. The van der Waals surface area contributed by atoms with Crippen LogP contribution in [-0.2, 0) is 0 Å². The van der Waals surface area contributed by atoms with E-state index in [2.05, 4.69) is 37.1 Å². The third kappa shape index (κ3) is 2.06. The first-order chi connectivity index (χ1) is 6.66. The molecule has 1 fully saturated rings. The molecule has 0 aliphatic heterocycles. The summed E-state index contributed by atoms with van der Waals surface area (Å²) in [6.45, 7) is 6.44. The van der Waals surface area contributed by atoms with Crippen molar-refractivity contribution >= 4 is 5.82 Å². The van der Waals surface area contributed by atoms with Crippen LogP contribution < -0.4 is 5.32 Å². The molecule has 0 bridgehead atoms. The van der Waals surface area contributed by atoms with E-state index < -0.39 is 0 Å². The van der Waals surface area contributed by atoms with E-state index in [1.54, 1.807) is 0 Å². The smallest absolute Gasteiger partial charge is 0.129 e. The van der Waals surface area contributed by atoms with Crippen LogP contribution in [0.25, 0.3) is 0 Å². The largest absolute Gasteiger partial charge is 0.367 e. The van der Waals surface area contributed by atoms with E-state index in [1.807, 2.05) is 6.20 Å². The molecule has 2 nitrogen and oxygen atoms in total. The molecule has 1 atom stereocenters. The van der Waals surface area contributed by atoms with Crippen LogP contribution in [0.4, 0.5) is 5.82 Å². The number of hydrogen-bond acceptors (Lipinski definition) is 2. The number of rotatable bonds is 3. The average molecular weight is 190 g/mol.